The van der Waals surface area contributed by atoms with Crippen molar-refractivity contribution in [2.24, 2.45) is 0 Å². The van der Waals surface area contributed by atoms with Crippen LogP contribution in [0.2, 0.25) is 0 Å². The molecule has 0 spiro atoms. The fraction of sp³-hybridized carbons (Fsp3) is 0.824. The summed E-state index contributed by atoms with van der Waals surface area (Å²) in [6.07, 6.45) is -11.0. The van der Waals surface area contributed by atoms with E-state index in [-0.39, 0.29) is 45.3 Å². The van der Waals surface area contributed by atoms with E-state index in [1.807, 2.05) is 0 Å². The van der Waals surface area contributed by atoms with Gasteiger partial charge in [0.05, 0.1) is 38.2 Å². The second-order valence-electron chi connectivity index (χ2n) is 7.52. The van der Waals surface area contributed by atoms with Gasteiger partial charge in [-0.1, -0.05) is 0 Å². The lowest BCUT2D eigenvalue weighted by Gasteiger charge is -2.46. The van der Waals surface area contributed by atoms with E-state index >= 15 is 0 Å². The van der Waals surface area contributed by atoms with E-state index in [2.05, 4.69) is 12.6 Å². The van der Waals surface area contributed by atoms with E-state index < -0.39 is 53.4 Å². The molecule has 0 bridgehead atoms. The maximum absolute atomic E-state index is 12.4. The number of nitrogens with one attached hydrogen (secondary N) is 1. The van der Waals surface area contributed by atoms with Gasteiger partial charge in [0.2, 0.25) is 11.8 Å². The predicted octanol–water partition coefficient (Wildman–Crippen LogP) is -2.05. The summed E-state index contributed by atoms with van der Waals surface area (Å²) in [7, 11) is 0. The SMILES string of the molecule is C[C@]1(COCCOCCN2C(=O)CC(S)C2=O)O[C@H](O)[C@@H](NC(=O)C(F)(F)F)C(O)C1O. The third-order valence-electron chi connectivity index (χ3n) is 5.01. The number of imide groups is 1. The highest BCUT2D eigenvalue weighted by atomic mass is 32.1. The zero-order chi connectivity index (χ0) is 24.3. The Labute approximate surface area is 186 Å². The Kier molecular flexibility index (Phi) is 8.89. The van der Waals surface area contributed by atoms with Crippen molar-refractivity contribution in [3.63, 3.8) is 0 Å². The Morgan fingerprint density at radius 2 is 1.88 bits per heavy atom. The van der Waals surface area contributed by atoms with Crippen LogP contribution in [-0.2, 0) is 28.6 Å². The maximum Gasteiger partial charge on any atom is 0.471 e. The summed E-state index contributed by atoms with van der Waals surface area (Å²) in [5.41, 5.74) is -1.70. The lowest BCUT2D eigenvalue weighted by molar-refractivity contribution is -0.298. The summed E-state index contributed by atoms with van der Waals surface area (Å²) in [5.74, 6) is -3.14. The van der Waals surface area contributed by atoms with Gasteiger partial charge in [0.15, 0.2) is 6.29 Å². The number of amides is 3. The monoisotopic (exact) mass is 490 g/mol. The van der Waals surface area contributed by atoms with Crippen LogP contribution in [0.5, 0.6) is 0 Å². The Morgan fingerprint density at radius 3 is 2.44 bits per heavy atom. The van der Waals surface area contributed by atoms with Gasteiger partial charge in [-0.3, -0.25) is 19.3 Å². The molecular formula is C17H25F3N2O9S. The van der Waals surface area contributed by atoms with Crippen LogP contribution in [0.1, 0.15) is 13.3 Å². The minimum absolute atomic E-state index is 0.0298. The largest absolute Gasteiger partial charge is 0.471 e. The molecule has 32 heavy (non-hydrogen) atoms. The van der Waals surface area contributed by atoms with Gasteiger partial charge in [-0.05, 0) is 6.92 Å². The predicted molar refractivity (Wildman–Crippen MR) is 101 cm³/mol. The van der Waals surface area contributed by atoms with Crippen molar-refractivity contribution < 1.29 is 57.1 Å². The molecule has 0 radical (unpaired) electrons. The number of hydrogen-bond donors (Lipinski definition) is 5. The molecule has 2 aliphatic heterocycles. The standard InChI is InChI=1S/C17H25F3N2O9S/c1-16(7-30-5-4-29-3-2-22-9(23)6-8(32)13(22)26)12(25)11(24)10(14(27)31-16)21-15(28)17(18,19)20/h8,10-12,14,24-25,27,32H,2-7H2,1H3,(H,21,28)/t8?,10-,11?,12?,14-,16+/m0/s1. The molecule has 6 atom stereocenters. The molecule has 0 aromatic carbocycles. The number of carbonyl (C=O) groups excluding carboxylic acids is 3. The summed E-state index contributed by atoms with van der Waals surface area (Å²) in [6.45, 7) is 0.972. The van der Waals surface area contributed by atoms with Crippen LogP contribution in [-0.4, -0.2) is 112 Å². The molecule has 0 aromatic heterocycles. The summed E-state index contributed by atoms with van der Waals surface area (Å²) in [4.78, 5) is 35.4. The van der Waals surface area contributed by atoms with Gasteiger partial charge in [0, 0.05) is 6.42 Å². The number of nitrogens with zero attached hydrogens (tertiary/aromatic N) is 1. The molecule has 2 rings (SSSR count). The number of aliphatic hydroxyl groups is 3. The van der Waals surface area contributed by atoms with Crippen LogP contribution in [0.3, 0.4) is 0 Å². The van der Waals surface area contributed by atoms with Crippen LogP contribution in [0.4, 0.5) is 13.2 Å². The minimum atomic E-state index is -5.25. The second-order valence-corrected chi connectivity index (χ2v) is 8.15. The van der Waals surface area contributed by atoms with Crippen molar-refractivity contribution in [1.82, 2.24) is 10.2 Å². The Bertz CT molecular complexity index is 713. The molecule has 3 amide bonds. The van der Waals surface area contributed by atoms with Gasteiger partial charge < -0.3 is 34.8 Å². The zero-order valence-corrected chi connectivity index (χ0v) is 17.8. The van der Waals surface area contributed by atoms with Crippen molar-refractivity contribution in [1.29, 1.82) is 0 Å². The summed E-state index contributed by atoms with van der Waals surface area (Å²) in [6, 6.07) is -1.91. The highest BCUT2D eigenvalue weighted by Gasteiger charge is 2.53. The van der Waals surface area contributed by atoms with Gasteiger partial charge >= 0.3 is 12.1 Å². The third-order valence-corrected chi connectivity index (χ3v) is 5.41. The first-order chi connectivity index (χ1) is 14.8. The normalized spacial score (nSPS) is 33.6. The van der Waals surface area contributed by atoms with Crippen LogP contribution < -0.4 is 5.32 Å². The quantitative estimate of drug-likeness (QED) is 0.140. The molecule has 0 aromatic rings. The summed E-state index contributed by atoms with van der Waals surface area (Å²) >= 11 is 4.00. The molecule has 2 heterocycles. The lowest BCUT2D eigenvalue weighted by Crippen LogP contribution is -2.69. The molecule has 11 nitrogen and oxygen atoms in total. The number of carbonyl (C=O) groups is 3. The highest BCUT2D eigenvalue weighted by molar-refractivity contribution is 7.81. The first kappa shape index (κ1) is 26.8. The summed E-state index contributed by atoms with van der Waals surface area (Å²) < 4.78 is 52.9. The van der Waals surface area contributed by atoms with Crippen molar-refractivity contribution in [3.05, 3.63) is 0 Å². The van der Waals surface area contributed by atoms with Crippen LogP contribution in [0, 0.1) is 0 Å². The number of hydrogen-bond acceptors (Lipinski definition) is 10. The number of halogens is 3. The Balaban J connectivity index is 1.73. The fourth-order valence-electron chi connectivity index (χ4n) is 3.21. The van der Waals surface area contributed by atoms with Crippen molar-refractivity contribution in [3.8, 4) is 0 Å². The molecular weight excluding hydrogens is 465 g/mol. The first-order valence-electron chi connectivity index (χ1n) is 9.55. The zero-order valence-electron chi connectivity index (χ0n) is 16.9. The van der Waals surface area contributed by atoms with E-state index in [9.17, 15) is 42.9 Å². The number of alkyl halides is 3. The van der Waals surface area contributed by atoms with Crippen molar-refractivity contribution in [2.45, 2.75) is 54.9 Å². The number of thiol groups is 1. The van der Waals surface area contributed by atoms with Gasteiger partial charge in [-0.2, -0.15) is 25.8 Å². The Hall–Kier alpha value is -1.49. The minimum Gasteiger partial charge on any atom is -0.388 e. The molecule has 4 N–H and O–H groups in total. The van der Waals surface area contributed by atoms with E-state index in [1.54, 1.807) is 0 Å². The van der Waals surface area contributed by atoms with Crippen LogP contribution >= 0.6 is 12.6 Å². The van der Waals surface area contributed by atoms with E-state index in [4.69, 9.17) is 14.2 Å². The number of likely N-dealkylation sites (tertiary alicyclic amines) is 1. The number of rotatable bonds is 9. The maximum atomic E-state index is 12.4. The van der Waals surface area contributed by atoms with Gasteiger partial charge in [-0.25, -0.2) is 0 Å². The first-order valence-corrected chi connectivity index (χ1v) is 10.1. The average molecular weight is 490 g/mol. The second kappa shape index (κ2) is 10.6. The van der Waals surface area contributed by atoms with Gasteiger partial charge in [0.1, 0.15) is 23.9 Å². The number of ether oxygens (including phenoxy) is 3. The lowest BCUT2D eigenvalue weighted by atomic mass is 9.87. The van der Waals surface area contributed by atoms with Gasteiger partial charge in [0.25, 0.3) is 0 Å². The molecule has 0 saturated carbocycles. The average Bonchev–Trinajstić information content (AvgIpc) is 2.93. The molecule has 15 heteroatoms. The van der Waals surface area contributed by atoms with Crippen LogP contribution in [0.15, 0.2) is 0 Å². The van der Waals surface area contributed by atoms with Crippen molar-refractivity contribution >= 4 is 30.4 Å². The topological polar surface area (TPSA) is 155 Å². The molecule has 3 unspecified atom stereocenters. The van der Waals surface area contributed by atoms with E-state index in [0.717, 1.165) is 4.90 Å². The molecule has 184 valence electrons. The van der Waals surface area contributed by atoms with E-state index in [1.165, 1.54) is 12.2 Å². The van der Waals surface area contributed by atoms with Crippen molar-refractivity contribution in [2.75, 3.05) is 33.0 Å². The molecule has 0 aliphatic carbocycles. The van der Waals surface area contributed by atoms with Gasteiger partial charge in [-0.15, -0.1) is 0 Å². The summed E-state index contributed by atoms with van der Waals surface area (Å²) in [5, 5.41) is 31.0. The molecule has 2 saturated heterocycles. The van der Waals surface area contributed by atoms with Crippen LogP contribution in [0.25, 0.3) is 0 Å². The Morgan fingerprint density at radius 1 is 1.25 bits per heavy atom. The smallest absolute Gasteiger partial charge is 0.388 e. The molecule has 2 fully saturated rings. The molecule has 2 aliphatic rings. The third kappa shape index (κ3) is 6.30. The fourth-order valence-corrected chi connectivity index (χ4v) is 3.50. The van der Waals surface area contributed by atoms with E-state index in [0.29, 0.717) is 0 Å². The number of aliphatic hydroxyl groups excluding tert-OH is 3. The highest BCUT2D eigenvalue weighted by Crippen LogP contribution is 2.30.